The van der Waals surface area contributed by atoms with E-state index in [9.17, 15) is 22.9 Å². The Balaban J connectivity index is 1.51. The van der Waals surface area contributed by atoms with Crippen molar-refractivity contribution in [3.05, 3.63) is 58.1 Å². The fourth-order valence-corrected chi connectivity index (χ4v) is 6.14. The highest BCUT2D eigenvalue weighted by Crippen LogP contribution is 2.39. The second-order valence-corrected chi connectivity index (χ2v) is 11.8. The number of aromatic nitrogens is 2. The number of hydrogen-bond donors (Lipinski definition) is 3. The normalized spacial score (nSPS) is 18.8. The van der Waals surface area contributed by atoms with Crippen LogP contribution in [0.1, 0.15) is 37.8 Å². The topological polar surface area (TPSA) is 141 Å². The molecule has 2 aliphatic heterocycles. The highest BCUT2D eigenvalue weighted by atomic mass is 32.2. The fourth-order valence-electron chi connectivity index (χ4n) is 5.19. The first-order valence-electron chi connectivity index (χ1n) is 12.9. The lowest BCUT2D eigenvalue weighted by Gasteiger charge is -2.32. The van der Waals surface area contributed by atoms with Crippen molar-refractivity contribution in [1.29, 1.82) is 5.26 Å². The zero-order chi connectivity index (χ0) is 28.7. The first-order valence-corrected chi connectivity index (χ1v) is 14.3. The van der Waals surface area contributed by atoms with Gasteiger partial charge in [-0.15, -0.1) is 0 Å². The van der Waals surface area contributed by atoms with E-state index >= 15 is 4.39 Å². The molecule has 1 atom stereocenters. The van der Waals surface area contributed by atoms with Gasteiger partial charge in [0, 0.05) is 13.6 Å². The average Bonchev–Trinajstić information content (AvgIpc) is 3.34. The van der Waals surface area contributed by atoms with Crippen molar-refractivity contribution < 1.29 is 21.9 Å². The van der Waals surface area contributed by atoms with Crippen molar-refractivity contribution >= 4 is 38.2 Å². The molecule has 3 aromatic rings. The molecule has 1 aromatic heterocycles. The van der Waals surface area contributed by atoms with E-state index in [0.717, 1.165) is 42.4 Å². The van der Waals surface area contributed by atoms with E-state index in [-0.39, 0.29) is 46.0 Å². The molecule has 0 saturated carbocycles. The van der Waals surface area contributed by atoms with Crippen molar-refractivity contribution in [1.82, 2.24) is 19.2 Å². The summed E-state index contributed by atoms with van der Waals surface area (Å²) in [7, 11) is -2.68. The van der Waals surface area contributed by atoms with Gasteiger partial charge < -0.3 is 15.4 Å². The summed E-state index contributed by atoms with van der Waals surface area (Å²) in [5.41, 5.74) is -2.10. The van der Waals surface area contributed by atoms with Gasteiger partial charge >= 0.3 is 10.2 Å². The third-order valence-electron chi connectivity index (χ3n) is 7.61. The number of anilines is 3. The first kappa shape index (κ1) is 27.9. The summed E-state index contributed by atoms with van der Waals surface area (Å²) >= 11 is 0. The van der Waals surface area contributed by atoms with Crippen molar-refractivity contribution in [3.8, 4) is 6.07 Å². The fraction of sp³-hybridized carbons (Fsp3) is 0.423. The van der Waals surface area contributed by atoms with Crippen LogP contribution >= 0.6 is 0 Å². The Morgan fingerprint density at radius 2 is 1.98 bits per heavy atom. The second kappa shape index (κ2) is 10.7. The molecule has 212 valence electrons. The molecule has 40 heavy (non-hydrogen) atoms. The summed E-state index contributed by atoms with van der Waals surface area (Å²) in [6, 6.07) is 6.22. The van der Waals surface area contributed by atoms with Gasteiger partial charge in [-0.1, -0.05) is 6.92 Å². The standard InChI is InChI=1S/C26H29F2N7O4S/c1-3-34(2)40(37,38)33-19-5-4-18(27)24(17(19)13-29)32-21-7-6-20-22(23(21)28)25(36)35(15-31-20)16-12-26(39-14-16)8-10-30-11-9-26/h4-7,15-16,30,32-33H,3,8-12,14H2,1-2H3/t16-/m1/s1. The summed E-state index contributed by atoms with van der Waals surface area (Å²) in [4.78, 5) is 17.8. The van der Waals surface area contributed by atoms with E-state index in [0.29, 0.717) is 13.0 Å². The molecule has 0 radical (unpaired) electrons. The van der Waals surface area contributed by atoms with Gasteiger partial charge in [0.1, 0.15) is 22.8 Å². The minimum absolute atomic E-state index is 0.116. The predicted octanol–water partition coefficient (Wildman–Crippen LogP) is 2.98. The van der Waals surface area contributed by atoms with Crippen LogP contribution in [0, 0.1) is 23.0 Å². The number of nitrogens with zero attached hydrogens (tertiary/aromatic N) is 4. The van der Waals surface area contributed by atoms with Crippen LogP contribution < -0.4 is 20.9 Å². The number of halogens is 2. The van der Waals surface area contributed by atoms with Gasteiger partial charge in [-0.05, 0) is 56.6 Å². The van der Waals surface area contributed by atoms with Crippen molar-refractivity contribution in [3.63, 3.8) is 0 Å². The Hall–Kier alpha value is -3.64. The number of ether oxygens (including phenoxy) is 1. The summed E-state index contributed by atoms with van der Waals surface area (Å²) in [6.45, 7) is 3.72. The lowest BCUT2D eigenvalue weighted by atomic mass is 9.88. The Morgan fingerprint density at radius 1 is 1.25 bits per heavy atom. The minimum Gasteiger partial charge on any atom is -0.373 e. The quantitative estimate of drug-likeness (QED) is 0.392. The Kier molecular flexibility index (Phi) is 7.49. The highest BCUT2D eigenvalue weighted by molar-refractivity contribution is 7.90. The van der Waals surface area contributed by atoms with Crippen LogP contribution in [-0.4, -0.2) is 61.2 Å². The number of piperidine rings is 1. The SMILES string of the molecule is CCN(C)S(=O)(=O)Nc1ccc(F)c(Nc2ccc3ncn([C@H]4COC5(CCNCC5)C4)c(=O)c3c2F)c1C#N. The number of nitrogens with one attached hydrogen (secondary N) is 3. The summed E-state index contributed by atoms with van der Waals surface area (Å²) in [5, 5.41) is 15.3. The smallest absolute Gasteiger partial charge is 0.301 e. The van der Waals surface area contributed by atoms with Gasteiger partial charge in [0.05, 0.1) is 47.2 Å². The average molecular weight is 574 g/mol. The van der Waals surface area contributed by atoms with Crippen molar-refractivity contribution in [2.24, 2.45) is 0 Å². The maximum Gasteiger partial charge on any atom is 0.301 e. The molecule has 0 bridgehead atoms. The largest absolute Gasteiger partial charge is 0.373 e. The van der Waals surface area contributed by atoms with E-state index in [4.69, 9.17) is 4.74 Å². The summed E-state index contributed by atoms with van der Waals surface area (Å²) in [6.07, 6.45) is 3.63. The molecular weight excluding hydrogens is 544 g/mol. The van der Waals surface area contributed by atoms with Crippen molar-refractivity contribution in [2.75, 3.05) is 43.3 Å². The van der Waals surface area contributed by atoms with Gasteiger partial charge in [-0.25, -0.2) is 13.8 Å². The maximum atomic E-state index is 15.8. The van der Waals surface area contributed by atoms with E-state index < -0.39 is 33.1 Å². The molecule has 0 aliphatic carbocycles. The number of hydrogen-bond acceptors (Lipinski definition) is 8. The Bertz CT molecular complexity index is 1670. The van der Waals surface area contributed by atoms with Gasteiger partial charge in [0.15, 0.2) is 5.82 Å². The third-order valence-corrected chi connectivity index (χ3v) is 9.16. The van der Waals surface area contributed by atoms with Crippen LogP contribution in [-0.2, 0) is 14.9 Å². The van der Waals surface area contributed by atoms with E-state index in [2.05, 4.69) is 20.3 Å². The monoisotopic (exact) mass is 573 g/mol. The molecule has 3 N–H and O–H groups in total. The van der Waals surface area contributed by atoms with E-state index in [1.165, 1.54) is 30.1 Å². The number of rotatable bonds is 7. The molecule has 5 rings (SSSR count). The zero-order valence-corrected chi connectivity index (χ0v) is 22.8. The van der Waals surface area contributed by atoms with E-state index in [1.54, 1.807) is 13.0 Å². The molecule has 2 fully saturated rings. The Morgan fingerprint density at radius 3 is 2.67 bits per heavy atom. The highest BCUT2D eigenvalue weighted by Gasteiger charge is 2.42. The second-order valence-electron chi connectivity index (χ2n) is 9.98. The molecule has 2 aromatic carbocycles. The molecule has 11 nitrogen and oxygen atoms in total. The molecule has 14 heteroatoms. The lowest BCUT2D eigenvalue weighted by molar-refractivity contribution is -0.0196. The zero-order valence-electron chi connectivity index (χ0n) is 22.0. The van der Waals surface area contributed by atoms with Gasteiger partial charge in [-0.2, -0.15) is 18.0 Å². The van der Waals surface area contributed by atoms with Gasteiger partial charge in [0.2, 0.25) is 0 Å². The van der Waals surface area contributed by atoms with Crippen LogP contribution in [0.4, 0.5) is 25.8 Å². The lowest BCUT2D eigenvalue weighted by Crippen LogP contribution is -2.41. The molecular formula is C26H29F2N7O4S. The molecule has 0 unspecified atom stereocenters. The predicted molar refractivity (Wildman–Crippen MR) is 146 cm³/mol. The number of nitriles is 1. The van der Waals surface area contributed by atoms with Crippen LogP contribution in [0.25, 0.3) is 10.9 Å². The van der Waals surface area contributed by atoms with Crippen molar-refractivity contribution in [2.45, 2.75) is 37.8 Å². The van der Waals surface area contributed by atoms with Crippen LogP contribution in [0.5, 0.6) is 0 Å². The minimum atomic E-state index is -4.02. The molecule has 3 heterocycles. The molecule has 1 spiro atoms. The molecule has 0 amide bonds. The van der Waals surface area contributed by atoms with Gasteiger partial charge in [-0.3, -0.25) is 14.1 Å². The maximum absolute atomic E-state index is 15.8. The van der Waals surface area contributed by atoms with Crippen LogP contribution in [0.15, 0.2) is 35.4 Å². The summed E-state index contributed by atoms with van der Waals surface area (Å²) in [5.74, 6) is -1.89. The molecule has 2 saturated heterocycles. The van der Waals surface area contributed by atoms with Crippen LogP contribution in [0.3, 0.4) is 0 Å². The van der Waals surface area contributed by atoms with Crippen LogP contribution in [0.2, 0.25) is 0 Å². The first-order chi connectivity index (χ1) is 19.1. The molecule has 2 aliphatic rings. The van der Waals surface area contributed by atoms with Gasteiger partial charge in [0.25, 0.3) is 5.56 Å². The number of fused-ring (bicyclic) bond motifs is 1. The Labute approximate surface area is 229 Å². The summed E-state index contributed by atoms with van der Waals surface area (Å²) < 4.78 is 66.5. The number of benzene rings is 2. The third kappa shape index (κ3) is 5.01. The van der Waals surface area contributed by atoms with E-state index in [1.807, 2.05) is 0 Å².